The minimum absolute atomic E-state index is 0.167. The molecule has 0 radical (unpaired) electrons. The third-order valence-corrected chi connectivity index (χ3v) is 3.06. The Morgan fingerprint density at radius 3 is 2.52 bits per heavy atom. The van der Waals surface area contributed by atoms with Gasteiger partial charge in [-0.3, -0.25) is 4.79 Å². The van der Waals surface area contributed by atoms with Crippen molar-refractivity contribution in [1.82, 2.24) is 0 Å². The van der Waals surface area contributed by atoms with Crippen molar-refractivity contribution in [2.45, 2.75) is 13.8 Å². The quantitative estimate of drug-likeness (QED) is 0.899. The number of amides is 1. The molecule has 0 aliphatic rings. The molecule has 2 aromatic carbocycles. The maximum atomic E-state index is 12.4. The van der Waals surface area contributed by atoms with Crippen LogP contribution in [0, 0.1) is 18.3 Å². The van der Waals surface area contributed by atoms with E-state index in [-0.39, 0.29) is 5.91 Å². The molecule has 106 valence electrons. The molecule has 4 nitrogen and oxygen atoms in total. The molecule has 0 saturated carbocycles. The predicted octanol–water partition coefficient (Wildman–Crippen LogP) is 3.55. The minimum atomic E-state index is -0.167. The lowest BCUT2D eigenvalue weighted by molar-refractivity contribution is 0.102. The van der Waals surface area contributed by atoms with Crippen LogP contribution < -0.4 is 10.6 Å². The first kappa shape index (κ1) is 14.6. The van der Waals surface area contributed by atoms with Gasteiger partial charge in [-0.1, -0.05) is 11.6 Å². The fourth-order valence-electron chi connectivity index (χ4n) is 2.02. The van der Waals surface area contributed by atoms with Gasteiger partial charge in [-0.05, 0) is 50.2 Å². The van der Waals surface area contributed by atoms with E-state index in [1.165, 1.54) is 0 Å². The highest BCUT2D eigenvalue weighted by Gasteiger charge is 2.11. The van der Waals surface area contributed by atoms with Crippen LogP contribution in [0.2, 0.25) is 0 Å². The van der Waals surface area contributed by atoms with Gasteiger partial charge in [0.05, 0.1) is 17.2 Å². The average Bonchev–Trinajstić information content (AvgIpc) is 2.50. The van der Waals surface area contributed by atoms with E-state index >= 15 is 0 Å². The first-order valence-corrected chi connectivity index (χ1v) is 6.80. The number of nitrogens with one attached hydrogen (secondary N) is 2. The van der Waals surface area contributed by atoms with Gasteiger partial charge in [0, 0.05) is 17.9 Å². The van der Waals surface area contributed by atoms with Crippen LogP contribution in [0.4, 0.5) is 11.4 Å². The summed E-state index contributed by atoms with van der Waals surface area (Å²) in [5.41, 5.74) is 3.69. The van der Waals surface area contributed by atoms with Gasteiger partial charge in [0.1, 0.15) is 0 Å². The largest absolute Gasteiger partial charge is 0.385 e. The first-order valence-electron chi connectivity index (χ1n) is 6.80. The van der Waals surface area contributed by atoms with E-state index in [0.717, 1.165) is 17.8 Å². The van der Waals surface area contributed by atoms with Crippen molar-refractivity contribution in [3.63, 3.8) is 0 Å². The van der Waals surface area contributed by atoms with Crippen molar-refractivity contribution in [2.24, 2.45) is 0 Å². The molecule has 0 unspecified atom stereocenters. The number of aryl methyl sites for hydroxylation is 1. The Hall–Kier alpha value is -2.80. The van der Waals surface area contributed by atoms with Crippen molar-refractivity contribution in [3.8, 4) is 6.07 Å². The summed E-state index contributed by atoms with van der Waals surface area (Å²) in [6.45, 7) is 4.69. The summed E-state index contributed by atoms with van der Waals surface area (Å²) in [6, 6.07) is 14.6. The molecule has 0 aliphatic heterocycles. The number of anilines is 2. The smallest absolute Gasteiger partial charge is 0.257 e. The number of benzene rings is 2. The summed E-state index contributed by atoms with van der Waals surface area (Å²) in [5.74, 6) is -0.167. The fraction of sp³-hybridized carbons (Fsp3) is 0.176. The summed E-state index contributed by atoms with van der Waals surface area (Å²) in [6.07, 6.45) is 0. The number of rotatable bonds is 4. The molecule has 0 bridgehead atoms. The summed E-state index contributed by atoms with van der Waals surface area (Å²) >= 11 is 0. The number of hydrogen-bond acceptors (Lipinski definition) is 3. The van der Waals surface area contributed by atoms with Gasteiger partial charge in [0.2, 0.25) is 0 Å². The molecule has 4 heteroatoms. The van der Waals surface area contributed by atoms with Gasteiger partial charge in [-0.2, -0.15) is 5.26 Å². The second kappa shape index (κ2) is 6.58. The van der Waals surface area contributed by atoms with Crippen molar-refractivity contribution in [2.75, 3.05) is 17.2 Å². The van der Waals surface area contributed by atoms with E-state index < -0.39 is 0 Å². The van der Waals surface area contributed by atoms with Gasteiger partial charge < -0.3 is 10.6 Å². The zero-order chi connectivity index (χ0) is 15.2. The molecule has 0 atom stereocenters. The SMILES string of the molecule is CCNc1ccc(C)cc1C(=O)Nc1ccc(C#N)cc1. The van der Waals surface area contributed by atoms with Crippen LogP contribution in [-0.2, 0) is 0 Å². The third kappa shape index (κ3) is 3.61. The van der Waals surface area contributed by atoms with Crippen LogP contribution >= 0.6 is 0 Å². The van der Waals surface area contributed by atoms with Crippen LogP contribution in [0.25, 0.3) is 0 Å². The topological polar surface area (TPSA) is 64.9 Å². The second-order valence-corrected chi connectivity index (χ2v) is 4.72. The van der Waals surface area contributed by atoms with E-state index in [1.54, 1.807) is 24.3 Å². The maximum Gasteiger partial charge on any atom is 0.257 e. The third-order valence-electron chi connectivity index (χ3n) is 3.06. The normalized spacial score (nSPS) is 9.76. The Kier molecular flexibility index (Phi) is 4.57. The van der Waals surface area contributed by atoms with E-state index in [1.807, 2.05) is 38.1 Å². The molecular formula is C17H17N3O. The number of nitrogens with zero attached hydrogens (tertiary/aromatic N) is 1. The molecule has 0 aliphatic carbocycles. The zero-order valence-corrected chi connectivity index (χ0v) is 12.1. The molecule has 2 N–H and O–H groups in total. The number of nitriles is 1. The van der Waals surface area contributed by atoms with Crippen LogP contribution in [0.5, 0.6) is 0 Å². The Bertz CT molecular complexity index is 684. The minimum Gasteiger partial charge on any atom is -0.385 e. The van der Waals surface area contributed by atoms with E-state index in [0.29, 0.717) is 16.8 Å². The second-order valence-electron chi connectivity index (χ2n) is 4.72. The first-order chi connectivity index (χ1) is 10.1. The van der Waals surface area contributed by atoms with Gasteiger partial charge >= 0.3 is 0 Å². The van der Waals surface area contributed by atoms with Crippen molar-refractivity contribution >= 4 is 17.3 Å². The van der Waals surface area contributed by atoms with Crippen LogP contribution in [0.1, 0.15) is 28.4 Å². The monoisotopic (exact) mass is 279 g/mol. The molecule has 2 aromatic rings. The zero-order valence-electron chi connectivity index (χ0n) is 12.1. The molecule has 0 heterocycles. The van der Waals surface area contributed by atoms with Crippen LogP contribution in [0.15, 0.2) is 42.5 Å². The maximum absolute atomic E-state index is 12.4. The van der Waals surface area contributed by atoms with Gasteiger partial charge in [-0.15, -0.1) is 0 Å². The highest BCUT2D eigenvalue weighted by atomic mass is 16.1. The lowest BCUT2D eigenvalue weighted by atomic mass is 10.1. The molecule has 0 fully saturated rings. The molecule has 0 saturated heterocycles. The van der Waals surface area contributed by atoms with E-state index in [9.17, 15) is 4.79 Å². The molecule has 0 aromatic heterocycles. The molecule has 2 rings (SSSR count). The number of carbonyl (C=O) groups is 1. The lowest BCUT2D eigenvalue weighted by Gasteiger charge is -2.12. The summed E-state index contributed by atoms with van der Waals surface area (Å²) < 4.78 is 0. The Labute approximate surface area is 124 Å². The van der Waals surface area contributed by atoms with Crippen molar-refractivity contribution in [1.29, 1.82) is 5.26 Å². The van der Waals surface area contributed by atoms with Gasteiger partial charge in [0.25, 0.3) is 5.91 Å². The van der Waals surface area contributed by atoms with Crippen molar-refractivity contribution in [3.05, 3.63) is 59.2 Å². The van der Waals surface area contributed by atoms with Crippen LogP contribution in [-0.4, -0.2) is 12.5 Å². The molecule has 1 amide bonds. The standard InChI is InChI=1S/C17H17N3O/c1-3-19-16-9-4-12(2)10-15(16)17(21)20-14-7-5-13(11-18)6-8-14/h4-10,19H,3H2,1-2H3,(H,20,21). The van der Waals surface area contributed by atoms with E-state index in [2.05, 4.69) is 10.6 Å². The summed E-state index contributed by atoms with van der Waals surface area (Å²) in [4.78, 5) is 12.4. The average molecular weight is 279 g/mol. The molecule has 21 heavy (non-hydrogen) atoms. The number of hydrogen-bond donors (Lipinski definition) is 2. The van der Waals surface area contributed by atoms with Gasteiger partial charge in [-0.25, -0.2) is 0 Å². The Morgan fingerprint density at radius 2 is 1.90 bits per heavy atom. The van der Waals surface area contributed by atoms with Crippen LogP contribution in [0.3, 0.4) is 0 Å². The molecule has 0 spiro atoms. The highest BCUT2D eigenvalue weighted by Crippen LogP contribution is 2.19. The molecular weight excluding hydrogens is 262 g/mol. The fourth-order valence-corrected chi connectivity index (χ4v) is 2.02. The Balaban J connectivity index is 2.23. The predicted molar refractivity (Wildman–Crippen MR) is 84.5 cm³/mol. The van der Waals surface area contributed by atoms with E-state index in [4.69, 9.17) is 5.26 Å². The van der Waals surface area contributed by atoms with Crippen molar-refractivity contribution < 1.29 is 4.79 Å². The Morgan fingerprint density at radius 1 is 1.19 bits per heavy atom. The summed E-state index contributed by atoms with van der Waals surface area (Å²) in [7, 11) is 0. The highest BCUT2D eigenvalue weighted by molar-refractivity contribution is 6.08. The van der Waals surface area contributed by atoms with Gasteiger partial charge in [0.15, 0.2) is 0 Å². The summed E-state index contributed by atoms with van der Waals surface area (Å²) in [5, 5.41) is 14.8. The lowest BCUT2D eigenvalue weighted by Crippen LogP contribution is -2.15. The number of carbonyl (C=O) groups excluding carboxylic acids is 1.